The van der Waals surface area contributed by atoms with Crippen LogP contribution in [0.2, 0.25) is 0 Å². The summed E-state index contributed by atoms with van der Waals surface area (Å²) in [6.45, 7) is 3.64. The van der Waals surface area contributed by atoms with Crippen molar-refractivity contribution in [1.82, 2.24) is 14.5 Å². The fourth-order valence-corrected chi connectivity index (χ4v) is 5.96. The number of ether oxygens (including phenoxy) is 1. The number of anilines is 2. The van der Waals surface area contributed by atoms with Gasteiger partial charge in [0.2, 0.25) is 5.56 Å². The van der Waals surface area contributed by atoms with Gasteiger partial charge in [-0.05, 0) is 73.7 Å². The number of oxazole rings is 1. The number of carbonyl (C=O) groups is 2. The number of carbonyl (C=O) groups excluding carboxylic acids is 2. The van der Waals surface area contributed by atoms with Gasteiger partial charge >= 0.3 is 11.8 Å². The molecule has 0 unspecified atom stereocenters. The fourth-order valence-electron chi connectivity index (χ4n) is 5.96. The van der Waals surface area contributed by atoms with Gasteiger partial charge in [0.15, 0.2) is 11.4 Å². The highest BCUT2D eigenvalue weighted by Gasteiger charge is 2.31. The number of nitrogens with one attached hydrogen (secondary N) is 2. The Labute approximate surface area is 235 Å². The lowest BCUT2D eigenvalue weighted by Crippen LogP contribution is -2.49. The van der Waals surface area contributed by atoms with E-state index >= 15 is 0 Å². The number of hydrogen-bond acceptors (Lipinski definition) is 7. The van der Waals surface area contributed by atoms with Gasteiger partial charge in [-0.2, -0.15) is 0 Å². The summed E-state index contributed by atoms with van der Waals surface area (Å²) in [6, 6.07) is 11.8. The van der Waals surface area contributed by atoms with Crippen LogP contribution in [0, 0.1) is 6.92 Å². The van der Waals surface area contributed by atoms with Crippen LogP contribution in [-0.2, 0) is 13.5 Å². The average Bonchev–Trinajstić information content (AvgIpc) is 3.15. The Kier molecular flexibility index (Phi) is 6.64. The third-order valence-corrected chi connectivity index (χ3v) is 8.11. The summed E-state index contributed by atoms with van der Waals surface area (Å²) < 4.78 is 12.0. The van der Waals surface area contributed by atoms with E-state index in [0.717, 1.165) is 41.8 Å². The third kappa shape index (κ3) is 4.88. The van der Waals surface area contributed by atoms with Crippen molar-refractivity contribution in [2.24, 2.45) is 7.05 Å². The first kappa shape index (κ1) is 26.4. The van der Waals surface area contributed by atoms with Crippen LogP contribution in [0.25, 0.3) is 11.1 Å². The Bertz CT molecular complexity index is 1790. The number of nitrogens with zero attached hydrogens (tertiary/aromatic N) is 3. The number of fused-ring (bicyclic) bond motifs is 2. The molecule has 2 aliphatic rings. The number of urea groups is 1. The first-order valence-electron chi connectivity index (χ1n) is 13.6. The van der Waals surface area contributed by atoms with Crippen molar-refractivity contribution in [3.63, 3.8) is 0 Å². The monoisotopic (exact) mass is 557 g/mol. The van der Waals surface area contributed by atoms with Gasteiger partial charge in [0.1, 0.15) is 11.6 Å². The zero-order valence-corrected chi connectivity index (χ0v) is 23.2. The number of methoxy groups -OCH3 is 1. The molecule has 0 bridgehead atoms. The smallest absolute Gasteiger partial charge is 0.419 e. The predicted octanol–water partition coefficient (Wildman–Crippen LogP) is 3.43. The number of rotatable bonds is 5. The molecule has 0 aliphatic carbocycles. The Balaban J connectivity index is 1.17. The van der Waals surface area contributed by atoms with Gasteiger partial charge < -0.3 is 29.3 Å². The summed E-state index contributed by atoms with van der Waals surface area (Å²) in [4.78, 5) is 57.9. The van der Waals surface area contributed by atoms with Gasteiger partial charge in [-0.1, -0.05) is 0 Å². The highest BCUT2D eigenvalue weighted by molar-refractivity contribution is 6.10. The maximum Gasteiger partial charge on any atom is 0.419 e. The molecule has 0 spiro atoms. The van der Waals surface area contributed by atoms with E-state index in [-0.39, 0.29) is 29.0 Å². The summed E-state index contributed by atoms with van der Waals surface area (Å²) >= 11 is 0. The molecule has 4 aromatic rings. The second kappa shape index (κ2) is 10.3. The molecule has 2 aliphatic heterocycles. The maximum absolute atomic E-state index is 13.4. The van der Waals surface area contributed by atoms with Crippen molar-refractivity contribution < 1.29 is 18.7 Å². The molecule has 2 amide bonds. The van der Waals surface area contributed by atoms with Crippen LogP contribution in [0.5, 0.6) is 5.75 Å². The number of hydrogen-bond donors (Lipinski definition) is 2. The van der Waals surface area contributed by atoms with E-state index in [1.807, 2.05) is 34.9 Å². The second-order valence-electron chi connectivity index (χ2n) is 10.6. The minimum atomic E-state index is -0.503. The lowest BCUT2D eigenvalue weighted by Gasteiger charge is -2.38. The molecule has 2 aromatic heterocycles. The summed E-state index contributed by atoms with van der Waals surface area (Å²) in [6.07, 6.45) is 2.16. The van der Waals surface area contributed by atoms with Crippen molar-refractivity contribution in [2.45, 2.75) is 32.2 Å². The highest BCUT2D eigenvalue weighted by Crippen LogP contribution is 2.29. The van der Waals surface area contributed by atoms with Crippen LogP contribution in [-0.4, -0.2) is 59.1 Å². The number of aromatic amines is 1. The first-order valence-corrected chi connectivity index (χ1v) is 13.6. The maximum atomic E-state index is 13.4. The molecule has 1 saturated heterocycles. The molecule has 0 atom stereocenters. The molecule has 11 heteroatoms. The van der Waals surface area contributed by atoms with Gasteiger partial charge in [0, 0.05) is 55.6 Å². The van der Waals surface area contributed by atoms with E-state index in [1.165, 1.54) is 10.6 Å². The zero-order chi connectivity index (χ0) is 28.8. The summed E-state index contributed by atoms with van der Waals surface area (Å²) in [5, 5.41) is 3.03. The molecule has 11 nitrogen and oxygen atoms in total. The average molecular weight is 558 g/mol. The van der Waals surface area contributed by atoms with Crippen LogP contribution in [0.1, 0.15) is 39.9 Å². The standard InChI is InChI=1S/C30H31N5O6/c1-17-12-19(14-24-27(17)33(2)30(39)41-24)28(37)20-15-25(32-26(36)16-20)34-9-7-21(8-10-34)35-11-6-18-13-22(40-3)4-5-23(18)31-29(35)38/h4-5,12-16,21H,6-11H2,1-3H3,(H,31,38)(H,32,36). The fraction of sp³-hybridized carbons (Fsp3) is 0.333. The number of aryl methyl sites for hydroxylation is 2. The van der Waals surface area contributed by atoms with Gasteiger partial charge in [0.25, 0.3) is 0 Å². The molecular formula is C30H31N5O6. The van der Waals surface area contributed by atoms with Gasteiger partial charge in [-0.15, -0.1) is 0 Å². The van der Waals surface area contributed by atoms with Crippen molar-refractivity contribution >= 4 is 34.4 Å². The van der Waals surface area contributed by atoms with Crippen LogP contribution < -0.4 is 26.3 Å². The highest BCUT2D eigenvalue weighted by atomic mass is 16.5. The van der Waals surface area contributed by atoms with E-state index in [4.69, 9.17) is 9.15 Å². The Morgan fingerprint density at radius 2 is 1.76 bits per heavy atom. The normalized spacial score (nSPS) is 15.9. The van der Waals surface area contributed by atoms with Gasteiger partial charge in [-0.25, -0.2) is 9.59 Å². The molecule has 2 N–H and O–H groups in total. The molecule has 1 fully saturated rings. The number of pyridine rings is 1. The molecule has 0 saturated carbocycles. The number of ketones is 1. The molecule has 6 rings (SSSR count). The number of piperidine rings is 1. The van der Waals surface area contributed by atoms with E-state index in [0.29, 0.717) is 42.1 Å². The zero-order valence-electron chi connectivity index (χ0n) is 23.2. The van der Waals surface area contributed by atoms with Crippen molar-refractivity contribution in [2.75, 3.05) is 37.0 Å². The van der Waals surface area contributed by atoms with Gasteiger partial charge in [-0.3, -0.25) is 14.2 Å². The van der Waals surface area contributed by atoms with E-state index in [1.54, 1.807) is 32.4 Å². The quantitative estimate of drug-likeness (QED) is 0.360. The summed E-state index contributed by atoms with van der Waals surface area (Å²) in [5.41, 5.74) is 3.74. The van der Waals surface area contributed by atoms with Crippen LogP contribution >= 0.6 is 0 Å². The molecule has 41 heavy (non-hydrogen) atoms. The Hall–Kier alpha value is -4.80. The number of amides is 2. The molecule has 2 aromatic carbocycles. The minimum Gasteiger partial charge on any atom is -0.497 e. The lowest BCUT2D eigenvalue weighted by atomic mass is 10.00. The minimum absolute atomic E-state index is 0.0502. The van der Waals surface area contributed by atoms with Crippen LogP contribution in [0.3, 0.4) is 0 Å². The summed E-state index contributed by atoms with van der Waals surface area (Å²) in [5.74, 6) is 0.484. The summed E-state index contributed by atoms with van der Waals surface area (Å²) in [7, 11) is 3.24. The van der Waals surface area contributed by atoms with E-state index < -0.39 is 5.76 Å². The van der Waals surface area contributed by atoms with Crippen molar-refractivity contribution in [3.8, 4) is 5.75 Å². The Morgan fingerprint density at radius 3 is 2.51 bits per heavy atom. The SMILES string of the molecule is COc1ccc2c(c1)CCN(C1CCN(c3cc(C(=O)c4cc(C)c5c(c4)oc(=O)n5C)cc(=O)[nH]3)CC1)C(=O)N2. The topological polar surface area (TPSA) is 130 Å². The predicted molar refractivity (Wildman–Crippen MR) is 154 cm³/mol. The molecular weight excluding hydrogens is 526 g/mol. The van der Waals surface area contributed by atoms with E-state index in [9.17, 15) is 19.2 Å². The Morgan fingerprint density at radius 1 is 1.00 bits per heavy atom. The van der Waals surface area contributed by atoms with Gasteiger partial charge in [0.05, 0.1) is 12.6 Å². The van der Waals surface area contributed by atoms with E-state index in [2.05, 4.69) is 10.3 Å². The first-order chi connectivity index (χ1) is 19.7. The molecule has 4 heterocycles. The van der Waals surface area contributed by atoms with Crippen LogP contribution in [0.4, 0.5) is 16.3 Å². The molecule has 212 valence electrons. The van der Waals surface area contributed by atoms with Crippen molar-refractivity contribution in [3.05, 3.63) is 85.6 Å². The largest absolute Gasteiger partial charge is 0.497 e. The number of aromatic nitrogens is 2. The molecule has 0 radical (unpaired) electrons. The van der Waals surface area contributed by atoms with Crippen molar-refractivity contribution in [1.29, 1.82) is 0 Å². The van der Waals surface area contributed by atoms with Crippen LogP contribution in [0.15, 0.2) is 56.5 Å². The lowest BCUT2D eigenvalue weighted by molar-refractivity contribution is 0.103. The third-order valence-electron chi connectivity index (χ3n) is 8.11. The number of benzene rings is 2. The second-order valence-corrected chi connectivity index (χ2v) is 10.6. The number of H-pyrrole nitrogens is 1.